The average Bonchev–Trinajstić information content (AvgIpc) is 3.20. The van der Waals surface area contributed by atoms with Gasteiger partial charge in [0.05, 0.1) is 11.4 Å². The Kier molecular flexibility index (Phi) is 6.88. The molecular formula is C23H22N4OS. The first-order valence-corrected chi connectivity index (χ1v) is 10.4. The van der Waals surface area contributed by atoms with Gasteiger partial charge in [0, 0.05) is 29.3 Å². The zero-order chi connectivity index (χ0) is 20.6. The van der Waals surface area contributed by atoms with Crippen molar-refractivity contribution in [3.05, 3.63) is 71.9 Å². The lowest BCUT2D eigenvalue weighted by molar-refractivity contribution is -0.116. The van der Waals surface area contributed by atoms with Crippen molar-refractivity contribution >= 4 is 23.7 Å². The molecule has 0 aliphatic heterocycles. The summed E-state index contributed by atoms with van der Waals surface area (Å²) in [6.07, 6.45) is 4.55. The molecule has 1 aromatic heterocycles. The van der Waals surface area contributed by atoms with Crippen molar-refractivity contribution in [1.29, 1.82) is 5.26 Å². The van der Waals surface area contributed by atoms with Crippen LogP contribution in [0.25, 0.3) is 23.0 Å². The minimum absolute atomic E-state index is 0.0384. The second-order valence-corrected chi connectivity index (χ2v) is 7.50. The van der Waals surface area contributed by atoms with E-state index in [0.717, 1.165) is 29.1 Å². The first-order valence-electron chi connectivity index (χ1n) is 9.38. The van der Waals surface area contributed by atoms with Gasteiger partial charge in [-0.05, 0) is 42.5 Å². The van der Waals surface area contributed by atoms with E-state index in [0.29, 0.717) is 5.56 Å². The van der Waals surface area contributed by atoms with E-state index >= 15 is 0 Å². The van der Waals surface area contributed by atoms with E-state index in [1.807, 2.05) is 66.5 Å². The highest BCUT2D eigenvalue weighted by molar-refractivity contribution is 7.99. The normalized spacial score (nSPS) is 11.1. The third-order valence-electron chi connectivity index (χ3n) is 4.26. The first kappa shape index (κ1) is 20.4. The van der Waals surface area contributed by atoms with E-state index in [4.69, 9.17) is 5.10 Å². The van der Waals surface area contributed by atoms with E-state index in [1.165, 1.54) is 11.9 Å². The van der Waals surface area contributed by atoms with Gasteiger partial charge in [-0.1, -0.05) is 37.3 Å². The summed E-state index contributed by atoms with van der Waals surface area (Å²) in [4.78, 5) is 13.2. The summed E-state index contributed by atoms with van der Waals surface area (Å²) in [5, 5.41) is 16.6. The Labute approximate surface area is 175 Å². The summed E-state index contributed by atoms with van der Waals surface area (Å²) in [7, 11) is 1.51. The fourth-order valence-electron chi connectivity index (χ4n) is 2.80. The van der Waals surface area contributed by atoms with Gasteiger partial charge in [0.25, 0.3) is 5.91 Å². The maximum absolute atomic E-state index is 12.0. The van der Waals surface area contributed by atoms with E-state index < -0.39 is 5.91 Å². The summed E-state index contributed by atoms with van der Waals surface area (Å²) in [5.74, 6) is 0.658. The number of nitrogens with one attached hydrogen (secondary N) is 1. The molecule has 3 rings (SSSR count). The van der Waals surface area contributed by atoms with Crippen LogP contribution in [-0.4, -0.2) is 28.5 Å². The second kappa shape index (κ2) is 9.76. The minimum Gasteiger partial charge on any atom is -0.354 e. The van der Waals surface area contributed by atoms with Crippen molar-refractivity contribution in [3.8, 4) is 23.0 Å². The standard InChI is InChI=1S/C23H22N4OS/c1-3-13-29-21-11-9-17(10-12-21)22-19(14-18(15-24)23(28)25-2)16-27(26-22)20-7-5-4-6-8-20/h4-12,14,16H,3,13H2,1-2H3,(H,25,28)/b18-14-. The predicted molar refractivity (Wildman–Crippen MR) is 118 cm³/mol. The maximum atomic E-state index is 12.0. The smallest absolute Gasteiger partial charge is 0.261 e. The molecule has 0 bridgehead atoms. The molecule has 29 heavy (non-hydrogen) atoms. The Bertz CT molecular complexity index is 1050. The number of amides is 1. The fourth-order valence-corrected chi connectivity index (χ4v) is 3.57. The van der Waals surface area contributed by atoms with Crippen LogP contribution in [0.15, 0.2) is 71.3 Å². The van der Waals surface area contributed by atoms with Crippen molar-refractivity contribution in [1.82, 2.24) is 15.1 Å². The fraction of sp³-hybridized carbons (Fsp3) is 0.174. The van der Waals surface area contributed by atoms with Crippen molar-refractivity contribution in [3.63, 3.8) is 0 Å². The lowest BCUT2D eigenvalue weighted by Crippen LogP contribution is -2.19. The quantitative estimate of drug-likeness (QED) is 0.353. The van der Waals surface area contributed by atoms with Gasteiger partial charge in [-0.3, -0.25) is 4.79 Å². The van der Waals surface area contributed by atoms with Crippen LogP contribution in [0.4, 0.5) is 0 Å². The molecule has 1 heterocycles. The maximum Gasteiger partial charge on any atom is 0.261 e. The number of nitrogens with zero attached hydrogens (tertiary/aromatic N) is 3. The highest BCUT2D eigenvalue weighted by Crippen LogP contribution is 2.28. The molecule has 0 aliphatic carbocycles. The largest absolute Gasteiger partial charge is 0.354 e. The van der Waals surface area contributed by atoms with E-state index in [9.17, 15) is 10.1 Å². The number of carbonyl (C=O) groups is 1. The molecule has 2 aromatic carbocycles. The summed E-state index contributed by atoms with van der Waals surface area (Å²) in [6.45, 7) is 2.16. The number of para-hydroxylation sites is 1. The van der Waals surface area contributed by atoms with Gasteiger partial charge in [-0.2, -0.15) is 10.4 Å². The minimum atomic E-state index is -0.419. The Hall–Kier alpha value is -3.30. The molecule has 1 N–H and O–H groups in total. The van der Waals surface area contributed by atoms with E-state index in [2.05, 4.69) is 24.4 Å². The van der Waals surface area contributed by atoms with E-state index in [-0.39, 0.29) is 5.57 Å². The number of thioether (sulfide) groups is 1. The number of rotatable bonds is 7. The molecule has 6 heteroatoms. The lowest BCUT2D eigenvalue weighted by Gasteiger charge is -2.03. The third kappa shape index (κ3) is 4.95. The molecule has 0 spiro atoms. The zero-order valence-corrected chi connectivity index (χ0v) is 17.2. The van der Waals surface area contributed by atoms with Crippen molar-refractivity contribution in [2.45, 2.75) is 18.2 Å². The van der Waals surface area contributed by atoms with Gasteiger partial charge in [0.15, 0.2) is 0 Å². The molecule has 3 aromatic rings. The van der Waals surface area contributed by atoms with Gasteiger partial charge in [0.2, 0.25) is 0 Å². The Morgan fingerprint density at radius 1 is 1.21 bits per heavy atom. The number of hydrogen-bond acceptors (Lipinski definition) is 4. The molecule has 1 amide bonds. The van der Waals surface area contributed by atoms with Gasteiger partial charge < -0.3 is 5.32 Å². The van der Waals surface area contributed by atoms with Crippen molar-refractivity contribution in [2.75, 3.05) is 12.8 Å². The molecule has 0 atom stereocenters. The second-order valence-electron chi connectivity index (χ2n) is 6.33. The number of likely N-dealkylation sites (N-methyl/N-ethyl adjacent to an activating group) is 1. The number of nitriles is 1. The predicted octanol–water partition coefficient (Wildman–Crippen LogP) is 4.69. The van der Waals surface area contributed by atoms with Gasteiger partial charge in [-0.15, -0.1) is 11.8 Å². The van der Waals surface area contributed by atoms with Crippen LogP contribution in [0.5, 0.6) is 0 Å². The Balaban J connectivity index is 2.07. The zero-order valence-electron chi connectivity index (χ0n) is 16.4. The van der Waals surface area contributed by atoms with Crippen LogP contribution in [0.2, 0.25) is 0 Å². The van der Waals surface area contributed by atoms with Crippen LogP contribution in [0, 0.1) is 11.3 Å². The van der Waals surface area contributed by atoms with Crippen LogP contribution >= 0.6 is 11.8 Å². The topological polar surface area (TPSA) is 70.7 Å². The monoisotopic (exact) mass is 402 g/mol. The number of aromatic nitrogens is 2. The van der Waals surface area contributed by atoms with Gasteiger partial charge in [-0.25, -0.2) is 4.68 Å². The highest BCUT2D eigenvalue weighted by atomic mass is 32.2. The van der Waals surface area contributed by atoms with Crippen LogP contribution < -0.4 is 5.32 Å². The summed E-state index contributed by atoms with van der Waals surface area (Å²) < 4.78 is 1.76. The number of carbonyl (C=O) groups excluding carboxylic acids is 1. The molecule has 0 unspecified atom stereocenters. The molecule has 0 fully saturated rings. The first-order chi connectivity index (χ1) is 14.2. The molecule has 5 nitrogen and oxygen atoms in total. The molecule has 146 valence electrons. The summed E-state index contributed by atoms with van der Waals surface area (Å²) in [6, 6.07) is 19.9. The molecule has 0 aliphatic rings. The highest BCUT2D eigenvalue weighted by Gasteiger charge is 2.14. The van der Waals surface area contributed by atoms with Crippen LogP contribution in [-0.2, 0) is 4.79 Å². The van der Waals surface area contributed by atoms with Crippen molar-refractivity contribution in [2.24, 2.45) is 0 Å². The number of benzene rings is 2. The molecule has 0 radical (unpaired) electrons. The number of hydrogen-bond donors (Lipinski definition) is 1. The Morgan fingerprint density at radius 3 is 2.55 bits per heavy atom. The van der Waals surface area contributed by atoms with E-state index in [1.54, 1.807) is 10.8 Å². The summed E-state index contributed by atoms with van der Waals surface area (Å²) >= 11 is 1.82. The molecular weight excluding hydrogens is 380 g/mol. The SMILES string of the molecule is CCCSc1ccc(-c2nn(-c3ccccc3)cc2/C=C(/C#N)C(=O)NC)cc1. The van der Waals surface area contributed by atoms with Gasteiger partial charge in [0.1, 0.15) is 11.6 Å². The summed E-state index contributed by atoms with van der Waals surface area (Å²) in [5.41, 5.74) is 3.31. The van der Waals surface area contributed by atoms with Gasteiger partial charge >= 0.3 is 0 Å². The lowest BCUT2D eigenvalue weighted by atomic mass is 10.1. The average molecular weight is 403 g/mol. The third-order valence-corrected chi connectivity index (χ3v) is 5.47. The van der Waals surface area contributed by atoms with Crippen LogP contribution in [0.1, 0.15) is 18.9 Å². The Morgan fingerprint density at radius 2 is 1.93 bits per heavy atom. The van der Waals surface area contributed by atoms with Crippen molar-refractivity contribution < 1.29 is 4.79 Å². The molecule has 0 saturated heterocycles. The van der Waals surface area contributed by atoms with Crippen LogP contribution in [0.3, 0.4) is 0 Å². The molecule has 0 saturated carbocycles.